The standard InChI is InChI=1S/C17H24N2O2S/c1-16(2,3)13-10-12(8-9-14(13)22-11-18)19(7)15(20)21-17(4,5)6/h8-10H,1-7H3. The van der Waals surface area contributed by atoms with E-state index in [1.165, 1.54) is 4.90 Å². The molecule has 0 unspecified atom stereocenters. The van der Waals surface area contributed by atoms with Gasteiger partial charge < -0.3 is 4.74 Å². The van der Waals surface area contributed by atoms with E-state index in [2.05, 4.69) is 26.2 Å². The van der Waals surface area contributed by atoms with Crippen molar-refractivity contribution in [2.75, 3.05) is 11.9 Å². The molecule has 1 aromatic rings. The molecule has 1 aromatic carbocycles. The van der Waals surface area contributed by atoms with E-state index in [4.69, 9.17) is 10.00 Å². The number of nitrogens with zero attached hydrogens (tertiary/aromatic N) is 2. The molecule has 0 bridgehead atoms. The molecule has 4 nitrogen and oxygen atoms in total. The van der Waals surface area contributed by atoms with Crippen LogP contribution in [0.5, 0.6) is 0 Å². The van der Waals surface area contributed by atoms with Crippen LogP contribution < -0.4 is 4.90 Å². The van der Waals surface area contributed by atoms with Crippen LogP contribution >= 0.6 is 11.8 Å². The third-order valence-corrected chi connectivity index (χ3v) is 3.65. The van der Waals surface area contributed by atoms with Gasteiger partial charge in [-0.05, 0) is 61.7 Å². The quantitative estimate of drug-likeness (QED) is 0.573. The van der Waals surface area contributed by atoms with Gasteiger partial charge in [-0.2, -0.15) is 5.26 Å². The molecule has 0 N–H and O–H groups in total. The van der Waals surface area contributed by atoms with Crippen molar-refractivity contribution in [1.29, 1.82) is 5.26 Å². The van der Waals surface area contributed by atoms with Gasteiger partial charge in [0.15, 0.2) is 0 Å². The molecule has 0 aliphatic heterocycles. The van der Waals surface area contributed by atoms with Gasteiger partial charge in [0.25, 0.3) is 0 Å². The third-order valence-electron chi connectivity index (χ3n) is 2.98. The average molecular weight is 320 g/mol. The predicted molar refractivity (Wildman–Crippen MR) is 91.2 cm³/mol. The van der Waals surface area contributed by atoms with Crippen molar-refractivity contribution in [3.8, 4) is 5.40 Å². The summed E-state index contributed by atoms with van der Waals surface area (Å²) < 4.78 is 5.39. The van der Waals surface area contributed by atoms with Crippen molar-refractivity contribution in [2.24, 2.45) is 0 Å². The minimum Gasteiger partial charge on any atom is -0.443 e. The van der Waals surface area contributed by atoms with Crippen molar-refractivity contribution in [2.45, 2.75) is 57.5 Å². The Morgan fingerprint density at radius 2 is 1.82 bits per heavy atom. The molecule has 5 heteroatoms. The van der Waals surface area contributed by atoms with Crippen molar-refractivity contribution in [3.63, 3.8) is 0 Å². The molecule has 0 saturated carbocycles. The molecule has 0 aromatic heterocycles. The summed E-state index contributed by atoms with van der Waals surface area (Å²) in [6, 6.07) is 5.66. The van der Waals surface area contributed by atoms with Gasteiger partial charge in [-0.1, -0.05) is 20.8 Å². The zero-order chi connectivity index (χ0) is 17.1. The van der Waals surface area contributed by atoms with E-state index in [1.807, 2.05) is 39.0 Å². The lowest BCUT2D eigenvalue weighted by Crippen LogP contribution is -2.34. The minimum atomic E-state index is -0.533. The average Bonchev–Trinajstić information content (AvgIpc) is 2.35. The van der Waals surface area contributed by atoms with Crippen LogP contribution in [0.4, 0.5) is 10.5 Å². The zero-order valence-corrected chi connectivity index (χ0v) is 15.2. The number of carbonyl (C=O) groups is 1. The Morgan fingerprint density at radius 3 is 2.27 bits per heavy atom. The van der Waals surface area contributed by atoms with Crippen LogP contribution in [0.1, 0.15) is 47.1 Å². The maximum atomic E-state index is 12.2. The zero-order valence-electron chi connectivity index (χ0n) is 14.4. The Morgan fingerprint density at radius 1 is 1.23 bits per heavy atom. The van der Waals surface area contributed by atoms with Crippen LogP contribution in [0.2, 0.25) is 0 Å². The third kappa shape index (κ3) is 4.96. The monoisotopic (exact) mass is 320 g/mol. The molecule has 0 fully saturated rings. The largest absolute Gasteiger partial charge is 0.443 e. The van der Waals surface area contributed by atoms with Crippen LogP contribution in [0.25, 0.3) is 0 Å². The van der Waals surface area contributed by atoms with E-state index < -0.39 is 11.7 Å². The molecule has 0 radical (unpaired) electrons. The summed E-state index contributed by atoms with van der Waals surface area (Å²) in [5, 5.41) is 11.0. The van der Waals surface area contributed by atoms with Crippen LogP contribution in [-0.4, -0.2) is 18.7 Å². The highest BCUT2D eigenvalue weighted by atomic mass is 32.2. The summed E-state index contributed by atoms with van der Waals surface area (Å²) in [6.45, 7) is 11.8. The van der Waals surface area contributed by atoms with E-state index >= 15 is 0 Å². The van der Waals surface area contributed by atoms with Crippen molar-refractivity contribution in [3.05, 3.63) is 23.8 Å². The second-order valence-corrected chi connectivity index (χ2v) is 7.99. The summed E-state index contributed by atoms with van der Waals surface area (Å²) in [6.07, 6.45) is -0.395. The molecule has 22 heavy (non-hydrogen) atoms. The molecule has 0 saturated heterocycles. The lowest BCUT2D eigenvalue weighted by Gasteiger charge is -2.27. The number of hydrogen-bond donors (Lipinski definition) is 0. The second-order valence-electron chi connectivity index (χ2n) is 7.16. The number of nitriles is 1. The van der Waals surface area contributed by atoms with Gasteiger partial charge in [-0.25, -0.2) is 4.79 Å². The minimum absolute atomic E-state index is 0.121. The van der Waals surface area contributed by atoms with Crippen LogP contribution in [0, 0.1) is 10.7 Å². The van der Waals surface area contributed by atoms with Crippen molar-refractivity contribution in [1.82, 2.24) is 0 Å². The Bertz CT molecular complexity index is 592. The molecule has 120 valence electrons. The van der Waals surface area contributed by atoms with Crippen LogP contribution in [0.3, 0.4) is 0 Å². The molecule has 1 rings (SSSR count). The number of amides is 1. The molecular formula is C17H24N2O2S. The highest BCUT2D eigenvalue weighted by Gasteiger charge is 2.23. The lowest BCUT2D eigenvalue weighted by atomic mass is 9.86. The van der Waals surface area contributed by atoms with E-state index in [0.29, 0.717) is 0 Å². The van der Waals surface area contributed by atoms with Gasteiger partial charge in [-0.15, -0.1) is 0 Å². The number of thioether (sulfide) groups is 1. The first-order chi connectivity index (χ1) is 9.95. The van der Waals surface area contributed by atoms with Gasteiger partial charge in [-0.3, -0.25) is 4.90 Å². The summed E-state index contributed by atoms with van der Waals surface area (Å²) >= 11 is 1.14. The highest BCUT2D eigenvalue weighted by Crippen LogP contribution is 2.35. The van der Waals surface area contributed by atoms with Crippen LogP contribution in [-0.2, 0) is 10.2 Å². The van der Waals surface area contributed by atoms with Gasteiger partial charge >= 0.3 is 6.09 Å². The fraction of sp³-hybridized carbons (Fsp3) is 0.529. The van der Waals surface area contributed by atoms with E-state index in [1.54, 1.807) is 7.05 Å². The Kier molecular flexibility index (Phi) is 5.53. The fourth-order valence-corrected chi connectivity index (χ4v) is 2.60. The first-order valence-corrected chi connectivity index (χ1v) is 7.94. The summed E-state index contributed by atoms with van der Waals surface area (Å²) in [7, 11) is 1.69. The highest BCUT2D eigenvalue weighted by molar-refractivity contribution is 8.03. The van der Waals surface area contributed by atoms with Gasteiger partial charge in [0.1, 0.15) is 11.0 Å². The van der Waals surface area contributed by atoms with Gasteiger partial charge in [0.05, 0.1) is 0 Å². The number of carbonyl (C=O) groups excluding carboxylic acids is 1. The summed E-state index contributed by atoms with van der Waals surface area (Å²) in [5.41, 5.74) is 1.13. The molecule has 0 atom stereocenters. The normalized spacial score (nSPS) is 11.7. The smallest absolute Gasteiger partial charge is 0.414 e. The maximum Gasteiger partial charge on any atom is 0.414 e. The Hall–Kier alpha value is -1.67. The molecule has 1 amide bonds. The molecule has 0 aliphatic carbocycles. The molecule has 0 spiro atoms. The maximum absolute atomic E-state index is 12.2. The molecule has 0 aliphatic rings. The molecule has 0 heterocycles. The van der Waals surface area contributed by atoms with E-state index in [0.717, 1.165) is 27.9 Å². The first-order valence-electron chi connectivity index (χ1n) is 7.13. The first kappa shape index (κ1) is 18.4. The van der Waals surface area contributed by atoms with Crippen molar-refractivity contribution < 1.29 is 9.53 Å². The fourth-order valence-electron chi connectivity index (χ4n) is 1.89. The number of anilines is 1. The SMILES string of the molecule is CN(C(=O)OC(C)(C)C)c1ccc(SC#N)c(C(C)(C)C)c1. The predicted octanol–water partition coefficient (Wildman–Crippen LogP) is 4.93. The summed E-state index contributed by atoms with van der Waals surface area (Å²) in [5.74, 6) is 0. The van der Waals surface area contributed by atoms with E-state index in [-0.39, 0.29) is 5.41 Å². The van der Waals surface area contributed by atoms with Crippen LogP contribution in [0.15, 0.2) is 23.1 Å². The number of ether oxygens (including phenoxy) is 1. The van der Waals surface area contributed by atoms with Gasteiger partial charge in [0.2, 0.25) is 0 Å². The number of rotatable bonds is 2. The number of benzene rings is 1. The number of thiocyanates is 1. The molecular weight excluding hydrogens is 296 g/mol. The summed E-state index contributed by atoms with van der Waals surface area (Å²) in [4.78, 5) is 14.6. The van der Waals surface area contributed by atoms with Gasteiger partial charge in [0, 0.05) is 17.6 Å². The Balaban J connectivity index is 3.17. The Labute approximate surface area is 137 Å². The second kappa shape index (κ2) is 6.62. The topological polar surface area (TPSA) is 53.3 Å². The lowest BCUT2D eigenvalue weighted by molar-refractivity contribution is 0.0589. The van der Waals surface area contributed by atoms with E-state index in [9.17, 15) is 4.79 Å². The van der Waals surface area contributed by atoms with Crippen molar-refractivity contribution >= 4 is 23.5 Å². The number of hydrogen-bond acceptors (Lipinski definition) is 4.